The molecule has 0 saturated heterocycles. The lowest BCUT2D eigenvalue weighted by Gasteiger charge is -2.31. The third kappa shape index (κ3) is 6.26. The number of rotatable bonds is 8. The van der Waals surface area contributed by atoms with E-state index in [0.717, 1.165) is 18.9 Å². The lowest BCUT2D eigenvalue weighted by Crippen LogP contribution is -2.44. The van der Waals surface area contributed by atoms with Gasteiger partial charge in [0.1, 0.15) is 11.7 Å². The number of allylic oxidation sites excluding steroid dienone is 1. The lowest BCUT2D eigenvalue weighted by atomic mass is 9.78. The SMILES string of the molecule is CCOc1ccc([C@H]2C(C#N)=C(SCC(=O)Nc3ccc(Cl)cc3Cl)NC(=O)[C@@H]2C(=O)OC)cc1Cl. The second-order valence-electron chi connectivity index (χ2n) is 7.41. The van der Waals surface area contributed by atoms with Gasteiger partial charge in [-0.2, -0.15) is 5.26 Å². The number of nitrogens with zero attached hydrogens (tertiary/aromatic N) is 1. The minimum Gasteiger partial charge on any atom is -0.492 e. The van der Waals surface area contributed by atoms with Crippen LogP contribution in [0, 0.1) is 17.2 Å². The normalized spacial score (nSPS) is 17.2. The van der Waals surface area contributed by atoms with Gasteiger partial charge >= 0.3 is 5.97 Å². The summed E-state index contributed by atoms with van der Waals surface area (Å²) in [6.45, 7) is 2.20. The van der Waals surface area contributed by atoms with Crippen LogP contribution in [0.4, 0.5) is 5.69 Å². The van der Waals surface area contributed by atoms with E-state index >= 15 is 0 Å². The number of hydrogen-bond acceptors (Lipinski definition) is 7. The number of carbonyl (C=O) groups is 3. The highest BCUT2D eigenvalue weighted by Crippen LogP contribution is 2.42. The minimum absolute atomic E-state index is 0.0903. The molecule has 0 unspecified atom stereocenters. The maximum Gasteiger partial charge on any atom is 0.319 e. The molecule has 188 valence electrons. The highest BCUT2D eigenvalue weighted by molar-refractivity contribution is 8.03. The van der Waals surface area contributed by atoms with Gasteiger partial charge < -0.3 is 20.1 Å². The summed E-state index contributed by atoms with van der Waals surface area (Å²) in [5.74, 6) is -3.95. The molecule has 0 radical (unpaired) electrons. The van der Waals surface area contributed by atoms with Crippen LogP contribution in [0.5, 0.6) is 5.75 Å². The lowest BCUT2D eigenvalue weighted by molar-refractivity contribution is -0.150. The van der Waals surface area contributed by atoms with E-state index < -0.39 is 29.6 Å². The van der Waals surface area contributed by atoms with E-state index in [1.807, 2.05) is 0 Å². The van der Waals surface area contributed by atoms with Gasteiger partial charge in [0.05, 0.1) is 51.9 Å². The average Bonchev–Trinajstić information content (AvgIpc) is 2.84. The molecule has 0 spiro atoms. The van der Waals surface area contributed by atoms with Crippen LogP contribution in [0.25, 0.3) is 0 Å². The van der Waals surface area contributed by atoms with Gasteiger partial charge in [-0.15, -0.1) is 0 Å². The maximum atomic E-state index is 13.0. The number of esters is 1. The molecule has 2 aromatic carbocycles. The quantitative estimate of drug-likeness (QED) is 0.334. The molecule has 1 heterocycles. The molecule has 1 aliphatic rings. The van der Waals surface area contributed by atoms with Crippen LogP contribution in [0.2, 0.25) is 15.1 Å². The molecule has 3 rings (SSSR count). The zero-order valence-electron chi connectivity index (χ0n) is 19.1. The summed E-state index contributed by atoms with van der Waals surface area (Å²) in [4.78, 5) is 38.0. The molecule has 36 heavy (non-hydrogen) atoms. The van der Waals surface area contributed by atoms with Gasteiger partial charge in [-0.1, -0.05) is 52.6 Å². The smallest absolute Gasteiger partial charge is 0.319 e. The topological polar surface area (TPSA) is 118 Å². The summed E-state index contributed by atoms with van der Waals surface area (Å²) in [6, 6.07) is 11.5. The molecular formula is C24H20Cl3N3O5S. The van der Waals surface area contributed by atoms with Crippen molar-refractivity contribution in [3.8, 4) is 11.8 Å². The molecule has 2 amide bonds. The van der Waals surface area contributed by atoms with Crippen molar-refractivity contribution in [3.05, 3.63) is 67.6 Å². The predicted molar refractivity (Wildman–Crippen MR) is 139 cm³/mol. The highest BCUT2D eigenvalue weighted by Gasteiger charge is 2.44. The van der Waals surface area contributed by atoms with Crippen LogP contribution in [-0.2, 0) is 19.1 Å². The number of hydrogen-bond donors (Lipinski definition) is 2. The van der Waals surface area contributed by atoms with E-state index in [1.165, 1.54) is 6.07 Å². The van der Waals surface area contributed by atoms with Gasteiger partial charge in [-0.25, -0.2) is 0 Å². The van der Waals surface area contributed by atoms with Crippen molar-refractivity contribution in [3.63, 3.8) is 0 Å². The molecule has 0 aliphatic carbocycles. The summed E-state index contributed by atoms with van der Waals surface area (Å²) < 4.78 is 10.3. The van der Waals surface area contributed by atoms with Gasteiger partial charge in [-0.05, 0) is 42.8 Å². The van der Waals surface area contributed by atoms with Gasteiger partial charge in [0.25, 0.3) is 0 Å². The van der Waals surface area contributed by atoms with E-state index in [4.69, 9.17) is 44.3 Å². The first-order valence-electron chi connectivity index (χ1n) is 10.5. The van der Waals surface area contributed by atoms with Gasteiger partial charge in [-0.3, -0.25) is 14.4 Å². The van der Waals surface area contributed by atoms with Crippen LogP contribution in [0.1, 0.15) is 18.4 Å². The van der Waals surface area contributed by atoms with Crippen molar-refractivity contribution in [2.45, 2.75) is 12.8 Å². The Kier molecular flexibility index (Phi) is 9.51. The first kappa shape index (κ1) is 27.7. The van der Waals surface area contributed by atoms with Gasteiger partial charge in [0.2, 0.25) is 11.8 Å². The molecule has 1 aliphatic heterocycles. The van der Waals surface area contributed by atoms with Crippen LogP contribution in [0.15, 0.2) is 47.0 Å². The average molecular weight is 569 g/mol. The summed E-state index contributed by atoms with van der Waals surface area (Å²) in [5, 5.41) is 16.3. The zero-order chi connectivity index (χ0) is 26.4. The van der Waals surface area contributed by atoms with Crippen molar-refractivity contribution in [2.75, 3.05) is 24.8 Å². The fourth-order valence-electron chi connectivity index (χ4n) is 3.58. The Morgan fingerprint density at radius 1 is 1.17 bits per heavy atom. The minimum atomic E-state index is -1.33. The predicted octanol–water partition coefficient (Wildman–Crippen LogP) is 5.16. The summed E-state index contributed by atoms with van der Waals surface area (Å²) in [6.07, 6.45) is 0. The number of ether oxygens (including phenoxy) is 2. The molecule has 12 heteroatoms. The maximum absolute atomic E-state index is 13.0. The van der Waals surface area contributed by atoms with Gasteiger partial charge in [0, 0.05) is 10.9 Å². The van der Waals surface area contributed by atoms with Crippen molar-refractivity contribution >= 4 is 70.0 Å². The molecule has 0 fully saturated rings. The molecule has 2 aromatic rings. The number of nitriles is 1. The summed E-state index contributed by atoms with van der Waals surface area (Å²) in [7, 11) is 1.16. The number of halogens is 3. The second-order valence-corrected chi connectivity index (χ2v) is 9.64. The Bertz CT molecular complexity index is 1280. The highest BCUT2D eigenvalue weighted by atomic mass is 35.5. The Morgan fingerprint density at radius 2 is 1.92 bits per heavy atom. The zero-order valence-corrected chi connectivity index (χ0v) is 22.1. The van der Waals surface area contributed by atoms with Gasteiger partial charge in [0.15, 0.2) is 0 Å². The number of thioether (sulfide) groups is 1. The Morgan fingerprint density at radius 3 is 2.53 bits per heavy atom. The molecule has 2 atom stereocenters. The molecule has 8 nitrogen and oxygen atoms in total. The van der Waals surface area contributed by atoms with Crippen molar-refractivity contribution in [1.29, 1.82) is 5.26 Å². The Balaban J connectivity index is 1.92. The summed E-state index contributed by atoms with van der Waals surface area (Å²) >= 11 is 19.3. The first-order valence-corrected chi connectivity index (χ1v) is 12.6. The number of amides is 2. The van der Waals surface area contributed by atoms with E-state index in [1.54, 1.807) is 37.3 Å². The number of carbonyl (C=O) groups excluding carboxylic acids is 3. The van der Waals surface area contributed by atoms with E-state index in [9.17, 15) is 19.6 Å². The number of benzene rings is 2. The van der Waals surface area contributed by atoms with Crippen LogP contribution in [0.3, 0.4) is 0 Å². The Hall–Kier alpha value is -2.90. The number of methoxy groups -OCH3 is 1. The molecular weight excluding hydrogens is 549 g/mol. The summed E-state index contributed by atoms with van der Waals surface area (Å²) in [5.41, 5.74) is 0.898. The monoisotopic (exact) mass is 567 g/mol. The van der Waals surface area contributed by atoms with Crippen molar-refractivity contribution in [2.24, 2.45) is 5.92 Å². The van der Waals surface area contributed by atoms with Crippen molar-refractivity contribution < 1.29 is 23.9 Å². The third-order valence-electron chi connectivity index (χ3n) is 5.15. The molecule has 0 saturated carbocycles. The van der Waals surface area contributed by atoms with Crippen LogP contribution < -0.4 is 15.4 Å². The first-order chi connectivity index (χ1) is 17.2. The number of nitrogens with one attached hydrogen (secondary N) is 2. The molecule has 0 aromatic heterocycles. The van der Waals surface area contributed by atoms with E-state index in [2.05, 4.69) is 16.7 Å². The second kappa shape index (κ2) is 12.4. The standard InChI is InChI=1S/C24H20Cl3N3O5S/c1-3-35-18-7-4-12(8-16(18)27)20-14(10-28)23(30-22(32)21(20)24(33)34-2)36-11-19(31)29-17-6-5-13(25)9-15(17)26/h4-9,20-21H,3,11H2,1-2H3,(H,29,31)(H,30,32)/t20-,21+/m0/s1. The fraction of sp³-hybridized carbons (Fsp3) is 0.250. The van der Waals surface area contributed by atoms with Crippen LogP contribution in [-0.4, -0.2) is 37.3 Å². The molecule has 0 bridgehead atoms. The van der Waals surface area contributed by atoms with Crippen LogP contribution >= 0.6 is 46.6 Å². The largest absolute Gasteiger partial charge is 0.492 e. The Labute approximate surface area is 226 Å². The molecule has 2 N–H and O–H groups in total. The number of anilines is 1. The van der Waals surface area contributed by atoms with Crippen molar-refractivity contribution in [1.82, 2.24) is 5.32 Å². The van der Waals surface area contributed by atoms with E-state index in [-0.39, 0.29) is 26.4 Å². The fourth-order valence-corrected chi connectivity index (χ4v) is 5.13. The third-order valence-corrected chi connectivity index (χ3v) is 7.01. The van der Waals surface area contributed by atoms with E-state index in [0.29, 0.717) is 28.6 Å².